The molecule has 0 bridgehead atoms. The topological polar surface area (TPSA) is 73.1 Å². The fourth-order valence-corrected chi connectivity index (χ4v) is 1.38. The van der Waals surface area contributed by atoms with Crippen LogP contribution in [-0.4, -0.2) is 47.1 Å². The second-order valence-electron chi connectivity index (χ2n) is 3.47. The van der Waals surface area contributed by atoms with Gasteiger partial charge < -0.3 is 15.1 Å². The van der Waals surface area contributed by atoms with E-state index < -0.39 is 5.97 Å². The highest BCUT2D eigenvalue weighted by Gasteiger charge is 2.04. The van der Waals surface area contributed by atoms with Gasteiger partial charge in [0.05, 0.1) is 18.6 Å². The Morgan fingerprint density at radius 3 is 2.93 bits per heavy atom. The van der Waals surface area contributed by atoms with Gasteiger partial charge in [0, 0.05) is 13.1 Å². The summed E-state index contributed by atoms with van der Waals surface area (Å²) in [6, 6.07) is 0. The van der Waals surface area contributed by atoms with Crippen LogP contribution in [0.25, 0.3) is 0 Å². The molecular weight excluding hydrogens is 196 g/mol. The van der Waals surface area contributed by atoms with Crippen LogP contribution in [0.4, 0.5) is 0 Å². The van der Waals surface area contributed by atoms with Crippen molar-refractivity contribution in [3.05, 3.63) is 11.8 Å². The summed E-state index contributed by atoms with van der Waals surface area (Å²) < 4.78 is 0. The molecule has 0 aliphatic carbocycles. The normalized spacial score (nSPS) is 16.0. The maximum absolute atomic E-state index is 10.2. The van der Waals surface area contributed by atoms with Gasteiger partial charge in [0.1, 0.15) is 6.42 Å². The van der Waals surface area contributed by atoms with Gasteiger partial charge in [-0.2, -0.15) is 0 Å². The molecule has 0 aromatic carbocycles. The number of carboxylic acid groups (broad SMARTS) is 1. The molecule has 0 saturated carbocycles. The number of rotatable bonds is 6. The maximum atomic E-state index is 10.2. The molecule has 0 amide bonds. The number of aliphatic hydroxyl groups is 1. The predicted molar refractivity (Wildman–Crippen MR) is 57.1 cm³/mol. The van der Waals surface area contributed by atoms with Crippen LogP contribution in [-0.2, 0) is 4.79 Å². The number of carboxylic acids is 1. The average molecular weight is 212 g/mol. The lowest BCUT2D eigenvalue weighted by Crippen LogP contribution is -2.20. The van der Waals surface area contributed by atoms with E-state index in [2.05, 4.69) is 9.89 Å². The molecule has 5 heteroatoms. The summed E-state index contributed by atoms with van der Waals surface area (Å²) in [5.41, 5.74) is 0. The molecular formula is C10H16N2O3. The van der Waals surface area contributed by atoms with Crippen LogP contribution in [0.2, 0.25) is 0 Å². The van der Waals surface area contributed by atoms with E-state index in [0.29, 0.717) is 6.42 Å². The van der Waals surface area contributed by atoms with E-state index in [9.17, 15) is 4.79 Å². The van der Waals surface area contributed by atoms with Crippen LogP contribution in [0.3, 0.4) is 0 Å². The van der Waals surface area contributed by atoms with Gasteiger partial charge in [-0.25, -0.2) is 0 Å². The van der Waals surface area contributed by atoms with E-state index in [1.54, 1.807) is 6.08 Å². The number of allylic oxidation sites excluding steroid dienone is 1. The Labute approximate surface area is 88.7 Å². The minimum absolute atomic E-state index is 0.0578. The van der Waals surface area contributed by atoms with E-state index in [1.165, 1.54) is 0 Å². The molecule has 1 heterocycles. The number of hydrogen-bond donors (Lipinski definition) is 2. The lowest BCUT2D eigenvalue weighted by molar-refractivity contribution is -0.136. The number of hydrogen-bond acceptors (Lipinski definition) is 4. The van der Waals surface area contributed by atoms with Crippen LogP contribution in [0, 0.1) is 0 Å². The summed E-state index contributed by atoms with van der Waals surface area (Å²) >= 11 is 0. The summed E-state index contributed by atoms with van der Waals surface area (Å²) in [5.74, 6) is -1.06. The number of aliphatic carboxylic acids is 1. The van der Waals surface area contributed by atoms with E-state index in [4.69, 9.17) is 10.2 Å². The highest BCUT2D eigenvalue weighted by Crippen LogP contribution is 2.02. The predicted octanol–water partition coefficient (Wildman–Crippen LogP) is 1.03. The van der Waals surface area contributed by atoms with E-state index >= 15 is 0 Å². The van der Waals surface area contributed by atoms with Crippen LogP contribution in [0.15, 0.2) is 16.8 Å². The minimum atomic E-state index is -1.00. The first-order valence-electron chi connectivity index (χ1n) is 5.02. The van der Waals surface area contributed by atoms with Gasteiger partial charge in [-0.3, -0.25) is 9.79 Å². The number of aliphatic hydroxyl groups excluding tert-OH is 1. The molecule has 2 N–H and O–H groups in total. The van der Waals surface area contributed by atoms with Crippen LogP contribution in [0.5, 0.6) is 0 Å². The first-order valence-corrected chi connectivity index (χ1v) is 5.02. The van der Waals surface area contributed by atoms with E-state index in [0.717, 1.165) is 26.1 Å². The molecule has 1 rings (SSSR count). The number of unbranched alkanes of at least 4 members (excludes halogenated alkanes) is 1. The molecule has 0 aromatic heterocycles. The van der Waals surface area contributed by atoms with E-state index in [-0.39, 0.29) is 12.2 Å². The Hall–Kier alpha value is -1.52. The SMILES string of the molecule is O=C(O)CC(O)=CCCCN1C=NCC1. The first kappa shape index (κ1) is 11.6. The fourth-order valence-electron chi connectivity index (χ4n) is 1.38. The second-order valence-corrected chi connectivity index (χ2v) is 3.47. The summed E-state index contributed by atoms with van der Waals surface area (Å²) in [6.07, 6.45) is 4.71. The zero-order chi connectivity index (χ0) is 11.1. The van der Waals surface area contributed by atoms with Crippen molar-refractivity contribution >= 4 is 12.3 Å². The maximum Gasteiger partial charge on any atom is 0.311 e. The average Bonchev–Trinajstić information content (AvgIpc) is 2.63. The molecule has 5 nitrogen and oxygen atoms in total. The van der Waals surface area contributed by atoms with E-state index in [1.807, 2.05) is 6.34 Å². The van der Waals surface area contributed by atoms with Crippen LogP contribution in [0.1, 0.15) is 19.3 Å². The highest BCUT2D eigenvalue weighted by molar-refractivity contribution is 5.69. The standard InChI is InChI=1S/C10H16N2O3/c13-9(7-10(14)15)3-1-2-5-12-6-4-11-8-12/h3,8,13H,1-2,4-7H2,(H,14,15). The molecule has 0 aromatic rings. The zero-order valence-corrected chi connectivity index (χ0v) is 8.59. The lowest BCUT2D eigenvalue weighted by atomic mass is 10.2. The van der Waals surface area contributed by atoms with Gasteiger partial charge in [0.2, 0.25) is 0 Å². The van der Waals surface area contributed by atoms with Crippen LogP contribution < -0.4 is 0 Å². The third-order valence-electron chi connectivity index (χ3n) is 2.12. The van der Waals surface area contributed by atoms with Gasteiger partial charge in [0.15, 0.2) is 0 Å². The van der Waals surface area contributed by atoms with Gasteiger partial charge in [-0.15, -0.1) is 0 Å². The van der Waals surface area contributed by atoms with Crippen molar-refractivity contribution in [1.29, 1.82) is 0 Å². The molecule has 0 spiro atoms. The van der Waals surface area contributed by atoms with Gasteiger partial charge in [0.25, 0.3) is 0 Å². The molecule has 0 unspecified atom stereocenters. The molecule has 0 saturated heterocycles. The zero-order valence-electron chi connectivity index (χ0n) is 8.59. The molecule has 15 heavy (non-hydrogen) atoms. The number of carbonyl (C=O) groups is 1. The molecule has 0 atom stereocenters. The smallest absolute Gasteiger partial charge is 0.311 e. The largest absolute Gasteiger partial charge is 0.512 e. The second kappa shape index (κ2) is 6.06. The summed E-state index contributed by atoms with van der Waals surface area (Å²) in [4.78, 5) is 16.4. The van der Waals surface area contributed by atoms with Crippen molar-refractivity contribution in [1.82, 2.24) is 4.90 Å². The quantitative estimate of drug-likeness (QED) is 0.509. The summed E-state index contributed by atoms with van der Waals surface area (Å²) in [5, 5.41) is 17.5. The Bertz CT molecular complexity index is 274. The Morgan fingerprint density at radius 1 is 1.53 bits per heavy atom. The van der Waals surface area contributed by atoms with Crippen molar-refractivity contribution in [2.24, 2.45) is 4.99 Å². The van der Waals surface area contributed by atoms with Crippen molar-refractivity contribution in [3.8, 4) is 0 Å². The lowest BCUT2D eigenvalue weighted by Gasteiger charge is -2.11. The molecule has 1 aliphatic heterocycles. The van der Waals surface area contributed by atoms with Crippen molar-refractivity contribution in [3.63, 3.8) is 0 Å². The van der Waals surface area contributed by atoms with Gasteiger partial charge in [-0.05, 0) is 18.9 Å². The van der Waals surface area contributed by atoms with Crippen molar-refractivity contribution in [2.45, 2.75) is 19.3 Å². The molecule has 1 aliphatic rings. The molecule has 0 radical (unpaired) electrons. The Kier molecular flexibility index (Phi) is 4.66. The monoisotopic (exact) mass is 212 g/mol. The molecule has 0 fully saturated rings. The fraction of sp³-hybridized carbons (Fsp3) is 0.600. The third-order valence-corrected chi connectivity index (χ3v) is 2.12. The Morgan fingerprint density at radius 2 is 2.33 bits per heavy atom. The highest BCUT2D eigenvalue weighted by atomic mass is 16.4. The Balaban J connectivity index is 2.09. The van der Waals surface area contributed by atoms with Crippen molar-refractivity contribution < 1.29 is 15.0 Å². The van der Waals surface area contributed by atoms with Gasteiger partial charge >= 0.3 is 5.97 Å². The summed E-state index contributed by atoms with van der Waals surface area (Å²) in [6.45, 7) is 2.73. The van der Waals surface area contributed by atoms with Crippen molar-refractivity contribution in [2.75, 3.05) is 19.6 Å². The number of nitrogens with zero attached hydrogens (tertiary/aromatic N) is 2. The minimum Gasteiger partial charge on any atom is -0.512 e. The van der Waals surface area contributed by atoms with Crippen LogP contribution >= 0.6 is 0 Å². The van der Waals surface area contributed by atoms with Gasteiger partial charge in [-0.1, -0.05) is 0 Å². The molecule has 84 valence electrons. The third kappa shape index (κ3) is 5.05. The first-order chi connectivity index (χ1) is 7.18. The number of aliphatic imine (C=N–C) groups is 1. The summed E-state index contributed by atoms with van der Waals surface area (Å²) in [7, 11) is 0.